The van der Waals surface area contributed by atoms with Gasteiger partial charge in [0.1, 0.15) is 5.54 Å². The fourth-order valence-corrected chi connectivity index (χ4v) is 3.03. The molecule has 1 atom stereocenters. The summed E-state index contributed by atoms with van der Waals surface area (Å²) in [6, 6.07) is 10.3. The van der Waals surface area contributed by atoms with E-state index in [1.165, 1.54) is 20.0 Å². The molecule has 19 heavy (non-hydrogen) atoms. The molecule has 0 saturated heterocycles. The maximum atomic E-state index is 12.4. The van der Waals surface area contributed by atoms with Gasteiger partial charge in [0, 0.05) is 6.04 Å². The largest absolute Gasteiger partial charge is 0.467 e. The molecule has 0 aromatic heterocycles. The molecule has 2 rings (SSSR count). The fourth-order valence-electron chi connectivity index (χ4n) is 3.03. The highest BCUT2D eigenvalue weighted by atomic mass is 16.5. The van der Waals surface area contributed by atoms with Crippen molar-refractivity contribution >= 4 is 5.97 Å². The highest BCUT2D eigenvalue weighted by Gasteiger charge is 2.41. The quantitative estimate of drug-likeness (QED) is 0.828. The highest BCUT2D eigenvalue weighted by Crippen LogP contribution is 2.30. The molecule has 1 aliphatic carbocycles. The SMILES string of the molecule is CCC(NC1CCCC1)(C(=O)OC)c1ccccc1. The summed E-state index contributed by atoms with van der Waals surface area (Å²) in [5.74, 6) is -0.187. The molecular formula is C16H23NO2. The van der Waals surface area contributed by atoms with E-state index in [4.69, 9.17) is 4.74 Å². The van der Waals surface area contributed by atoms with Crippen molar-refractivity contribution in [3.8, 4) is 0 Å². The zero-order chi connectivity index (χ0) is 13.7. The fraction of sp³-hybridized carbons (Fsp3) is 0.562. The molecule has 0 bridgehead atoms. The van der Waals surface area contributed by atoms with Gasteiger partial charge in [-0.25, -0.2) is 4.79 Å². The van der Waals surface area contributed by atoms with Crippen LogP contribution < -0.4 is 5.32 Å². The summed E-state index contributed by atoms with van der Waals surface area (Å²) >= 11 is 0. The van der Waals surface area contributed by atoms with Crippen LogP contribution >= 0.6 is 0 Å². The molecule has 0 heterocycles. The minimum atomic E-state index is -0.703. The van der Waals surface area contributed by atoms with Crippen LogP contribution in [0, 0.1) is 0 Å². The topological polar surface area (TPSA) is 38.3 Å². The summed E-state index contributed by atoms with van der Waals surface area (Å²) in [5.41, 5.74) is 0.293. The van der Waals surface area contributed by atoms with Gasteiger partial charge in [0.05, 0.1) is 7.11 Å². The van der Waals surface area contributed by atoms with Crippen molar-refractivity contribution in [1.29, 1.82) is 0 Å². The lowest BCUT2D eigenvalue weighted by Gasteiger charge is -2.34. The molecule has 1 unspecified atom stereocenters. The van der Waals surface area contributed by atoms with Crippen LogP contribution in [0.3, 0.4) is 0 Å². The van der Waals surface area contributed by atoms with Crippen LogP contribution in [-0.2, 0) is 15.1 Å². The van der Waals surface area contributed by atoms with Gasteiger partial charge in [-0.2, -0.15) is 0 Å². The Morgan fingerprint density at radius 3 is 2.47 bits per heavy atom. The molecule has 1 saturated carbocycles. The van der Waals surface area contributed by atoms with Crippen molar-refractivity contribution in [2.24, 2.45) is 0 Å². The van der Waals surface area contributed by atoms with E-state index in [1.807, 2.05) is 37.3 Å². The van der Waals surface area contributed by atoms with Crippen LogP contribution in [0.5, 0.6) is 0 Å². The maximum Gasteiger partial charge on any atom is 0.330 e. The summed E-state index contributed by atoms with van der Waals surface area (Å²) in [4.78, 5) is 12.4. The Kier molecular flexibility index (Phi) is 4.59. The average molecular weight is 261 g/mol. The van der Waals surface area contributed by atoms with Gasteiger partial charge in [-0.3, -0.25) is 5.32 Å². The third-order valence-corrected chi connectivity index (χ3v) is 4.14. The minimum Gasteiger partial charge on any atom is -0.467 e. The lowest BCUT2D eigenvalue weighted by molar-refractivity contribution is -0.149. The van der Waals surface area contributed by atoms with E-state index in [9.17, 15) is 4.79 Å². The molecule has 0 radical (unpaired) electrons. The number of hydrogen-bond acceptors (Lipinski definition) is 3. The van der Waals surface area contributed by atoms with Crippen molar-refractivity contribution in [1.82, 2.24) is 5.32 Å². The predicted molar refractivity (Wildman–Crippen MR) is 75.8 cm³/mol. The first kappa shape index (κ1) is 14.1. The standard InChI is InChI=1S/C16H23NO2/c1-3-16(15(18)19-2,13-9-5-4-6-10-13)17-14-11-7-8-12-14/h4-6,9-10,14,17H,3,7-8,11-12H2,1-2H3. The van der Waals surface area contributed by atoms with Crippen LogP contribution in [0.15, 0.2) is 30.3 Å². The van der Waals surface area contributed by atoms with Gasteiger partial charge in [0.25, 0.3) is 0 Å². The van der Waals surface area contributed by atoms with E-state index in [0.717, 1.165) is 18.4 Å². The van der Waals surface area contributed by atoms with Crippen LogP contribution in [-0.4, -0.2) is 19.1 Å². The van der Waals surface area contributed by atoms with Gasteiger partial charge in [-0.05, 0) is 24.8 Å². The first-order valence-corrected chi connectivity index (χ1v) is 7.14. The van der Waals surface area contributed by atoms with Gasteiger partial charge in [0.2, 0.25) is 0 Å². The van der Waals surface area contributed by atoms with Crippen molar-refractivity contribution in [3.05, 3.63) is 35.9 Å². The summed E-state index contributed by atoms with van der Waals surface area (Å²) < 4.78 is 5.07. The molecule has 1 fully saturated rings. The zero-order valence-electron chi connectivity index (χ0n) is 11.8. The summed E-state index contributed by atoms with van der Waals surface area (Å²) in [6.45, 7) is 2.03. The van der Waals surface area contributed by atoms with E-state index >= 15 is 0 Å². The molecule has 1 N–H and O–H groups in total. The Balaban J connectivity index is 2.32. The first-order valence-electron chi connectivity index (χ1n) is 7.14. The molecule has 1 aliphatic rings. The van der Waals surface area contributed by atoms with E-state index in [0.29, 0.717) is 12.5 Å². The highest BCUT2D eigenvalue weighted by molar-refractivity contribution is 5.82. The smallest absolute Gasteiger partial charge is 0.330 e. The van der Waals surface area contributed by atoms with Gasteiger partial charge in [-0.1, -0.05) is 50.1 Å². The molecule has 104 valence electrons. The number of methoxy groups -OCH3 is 1. The summed E-state index contributed by atoms with van der Waals surface area (Å²) in [6.07, 6.45) is 5.47. The second-order valence-electron chi connectivity index (χ2n) is 5.24. The van der Waals surface area contributed by atoms with Crippen molar-refractivity contribution in [3.63, 3.8) is 0 Å². The third-order valence-electron chi connectivity index (χ3n) is 4.14. The van der Waals surface area contributed by atoms with Crippen LogP contribution in [0.25, 0.3) is 0 Å². The predicted octanol–water partition coefficient (Wildman–Crippen LogP) is 3.00. The Morgan fingerprint density at radius 1 is 1.32 bits per heavy atom. The van der Waals surface area contributed by atoms with Crippen LogP contribution in [0.4, 0.5) is 0 Å². The summed E-state index contributed by atoms with van der Waals surface area (Å²) in [5, 5.41) is 3.57. The number of ether oxygens (including phenoxy) is 1. The second-order valence-corrected chi connectivity index (χ2v) is 5.24. The molecule has 1 aromatic carbocycles. The van der Waals surface area contributed by atoms with Crippen LogP contribution in [0.2, 0.25) is 0 Å². The van der Waals surface area contributed by atoms with Crippen LogP contribution in [0.1, 0.15) is 44.6 Å². The van der Waals surface area contributed by atoms with Crippen molar-refractivity contribution in [2.45, 2.75) is 50.6 Å². The lowest BCUT2D eigenvalue weighted by Crippen LogP contribution is -2.53. The van der Waals surface area contributed by atoms with Gasteiger partial charge < -0.3 is 4.74 Å². The van der Waals surface area contributed by atoms with Crippen molar-refractivity contribution < 1.29 is 9.53 Å². The minimum absolute atomic E-state index is 0.187. The number of esters is 1. The molecule has 1 aromatic rings. The number of carbonyl (C=O) groups is 1. The lowest BCUT2D eigenvalue weighted by atomic mass is 9.86. The first-order chi connectivity index (χ1) is 9.23. The molecular weight excluding hydrogens is 238 g/mol. The molecule has 0 spiro atoms. The number of carbonyl (C=O) groups excluding carboxylic acids is 1. The Hall–Kier alpha value is -1.35. The molecule has 0 amide bonds. The van der Waals surface area contributed by atoms with E-state index < -0.39 is 5.54 Å². The molecule has 3 nitrogen and oxygen atoms in total. The number of benzene rings is 1. The van der Waals surface area contributed by atoms with Gasteiger partial charge in [0.15, 0.2) is 0 Å². The molecule has 3 heteroatoms. The summed E-state index contributed by atoms with van der Waals surface area (Å²) in [7, 11) is 1.46. The second kappa shape index (κ2) is 6.20. The third kappa shape index (κ3) is 2.81. The molecule has 0 aliphatic heterocycles. The maximum absolute atomic E-state index is 12.4. The normalized spacial score (nSPS) is 19.1. The number of hydrogen-bond donors (Lipinski definition) is 1. The number of rotatable bonds is 5. The van der Waals surface area contributed by atoms with E-state index in [1.54, 1.807) is 0 Å². The van der Waals surface area contributed by atoms with Gasteiger partial charge >= 0.3 is 5.97 Å². The van der Waals surface area contributed by atoms with E-state index in [2.05, 4.69) is 5.32 Å². The van der Waals surface area contributed by atoms with Crippen molar-refractivity contribution in [2.75, 3.05) is 7.11 Å². The zero-order valence-corrected chi connectivity index (χ0v) is 11.8. The Morgan fingerprint density at radius 2 is 1.95 bits per heavy atom. The van der Waals surface area contributed by atoms with E-state index in [-0.39, 0.29) is 5.97 Å². The number of nitrogens with one attached hydrogen (secondary N) is 1. The monoisotopic (exact) mass is 261 g/mol. The van der Waals surface area contributed by atoms with Gasteiger partial charge in [-0.15, -0.1) is 0 Å². The Bertz CT molecular complexity index is 412. The average Bonchev–Trinajstić information content (AvgIpc) is 2.97. The Labute approximate surface area is 115 Å².